The number of nitrogens with one attached hydrogen (secondary N) is 1. The molecular formula is C26H35N2O4S+. The number of hydrogen-bond donors (Lipinski definition) is 1. The number of nitrogens with zero attached hydrogens (tertiary/aromatic N) is 1. The van der Waals surface area contributed by atoms with Crippen molar-refractivity contribution in [3.05, 3.63) is 59.7 Å². The van der Waals surface area contributed by atoms with Crippen LogP contribution in [0.25, 0.3) is 0 Å². The molecule has 7 heteroatoms. The van der Waals surface area contributed by atoms with Crippen LogP contribution in [0.15, 0.2) is 53.4 Å². The lowest BCUT2D eigenvalue weighted by Crippen LogP contribution is -2.49. The van der Waals surface area contributed by atoms with Crippen molar-refractivity contribution in [2.75, 3.05) is 33.0 Å². The molecule has 0 saturated carbocycles. The summed E-state index contributed by atoms with van der Waals surface area (Å²) < 4.78 is 6.75. The second-order valence-electron chi connectivity index (χ2n) is 9.53. The van der Waals surface area contributed by atoms with E-state index in [1.807, 2.05) is 30.8 Å². The predicted octanol–water partition coefficient (Wildman–Crippen LogP) is 4.69. The summed E-state index contributed by atoms with van der Waals surface area (Å²) in [6, 6.07) is 16.8. The number of ketones is 1. The first-order valence-electron chi connectivity index (χ1n) is 11.7. The number of fused-ring (bicyclic) bond motifs is 1. The third-order valence-corrected chi connectivity index (χ3v) is 8.06. The van der Waals surface area contributed by atoms with Gasteiger partial charge in [-0.1, -0.05) is 44.2 Å². The molecule has 0 aliphatic carbocycles. The number of Topliss-reactive ketones (excluding diaryl/α,β-unsaturated/α-hetero) is 1. The van der Waals surface area contributed by atoms with Crippen LogP contribution in [0, 0.1) is 0 Å². The van der Waals surface area contributed by atoms with Crippen LogP contribution in [0.3, 0.4) is 0 Å². The smallest absolute Gasteiger partial charge is 0.364 e. The highest BCUT2D eigenvalue weighted by molar-refractivity contribution is 7.99. The summed E-state index contributed by atoms with van der Waals surface area (Å²) in [5, 5.41) is 3.91. The van der Waals surface area contributed by atoms with Gasteiger partial charge < -0.3 is 4.74 Å². The number of benzene rings is 2. The number of quaternary nitrogens is 1. The van der Waals surface area contributed by atoms with Gasteiger partial charge in [-0.15, -0.1) is 21.5 Å². The van der Waals surface area contributed by atoms with Crippen molar-refractivity contribution < 1.29 is 23.8 Å². The Kier molecular flexibility index (Phi) is 7.46. The van der Waals surface area contributed by atoms with Gasteiger partial charge >= 0.3 is 6.41 Å². The van der Waals surface area contributed by atoms with Crippen molar-refractivity contribution in [1.82, 2.24) is 5.32 Å². The third kappa shape index (κ3) is 5.78. The van der Waals surface area contributed by atoms with E-state index < -0.39 is 0 Å². The van der Waals surface area contributed by atoms with Gasteiger partial charge in [0.15, 0.2) is 0 Å². The Bertz CT molecular complexity index is 964. The monoisotopic (exact) mass is 471 g/mol. The summed E-state index contributed by atoms with van der Waals surface area (Å²) >= 11 is 1.83. The number of likely N-dealkylation sites (N-methyl/N-ethyl adjacent to an activating group) is 1. The van der Waals surface area contributed by atoms with Crippen molar-refractivity contribution in [3.8, 4) is 5.75 Å². The molecule has 2 aliphatic heterocycles. The molecule has 6 nitrogen and oxygen atoms in total. The molecule has 2 aromatic carbocycles. The van der Waals surface area contributed by atoms with Crippen LogP contribution in [0.1, 0.15) is 50.3 Å². The van der Waals surface area contributed by atoms with Gasteiger partial charge in [-0.3, -0.25) is 14.6 Å². The van der Waals surface area contributed by atoms with Gasteiger partial charge in [0.1, 0.15) is 24.7 Å². The maximum atomic E-state index is 12.5. The first kappa shape index (κ1) is 24.2. The summed E-state index contributed by atoms with van der Waals surface area (Å²) in [6.45, 7) is 5.46. The maximum Gasteiger partial charge on any atom is 0.364 e. The lowest BCUT2D eigenvalue weighted by atomic mass is 9.87. The Labute approximate surface area is 201 Å². The fourth-order valence-corrected chi connectivity index (χ4v) is 5.55. The zero-order valence-electron chi connectivity index (χ0n) is 20.0. The Morgan fingerprint density at radius 2 is 1.94 bits per heavy atom. The highest BCUT2D eigenvalue weighted by Crippen LogP contribution is 2.42. The molecule has 4 rings (SSSR count). The van der Waals surface area contributed by atoms with Gasteiger partial charge in [0, 0.05) is 29.0 Å². The number of carbonyl (C=O) groups excluding carboxylic acids is 1. The van der Waals surface area contributed by atoms with Gasteiger partial charge in [-0.05, 0) is 35.7 Å². The van der Waals surface area contributed by atoms with E-state index in [-0.39, 0.29) is 18.0 Å². The Hall–Kier alpha value is -1.90. The SMILES string of the molecule is CCC(=O)C[C@@]1(CC)CSc2ccc(OCC[N+](C)(C)C3OO3)cc2[C@H](c2ccccc2)N1. The van der Waals surface area contributed by atoms with Crippen LogP contribution < -0.4 is 10.1 Å². The lowest BCUT2D eigenvalue weighted by Gasteiger charge is -2.35. The van der Waals surface area contributed by atoms with Crippen molar-refractivity contribution in [2.24, 2.45) is 0 Å². The number of hydrogen-bond acceptors (Lipinski definition) is 6. The van der Waals surface area contributed by atoms with Crippen LogP contribution in [0.5, 0.6) is 5.75 Å². The van der Waals surface area contributed by atoms with E-state index in [1.165, 1.54) is 16.0 Å². The topological polar surface area (TPSA) is 63.4 Å². The third-order valence-electron chi connectivity index (χ3n) is 6.68. The molecule has 2 heterocycles. The van der Waals surface area contributed by atoms with Gasteiger partial charge in [0.2, 0.25) is 0 Å². The van der Waals surface area contributed by atoms with Crippen molar-refractivity contribution in [2.45, 2.75) is 56.0 Å². The average Bonchev–Trinajstić information content (AvgIpc) is 3.68. The standard InChI is InChI=1S/C26H35N2O4S/c1-5-20(29)17-26(6-2)18-33-23-13-12-21(30-15-14-28(3,4)25-31-32-25)16-22(23)24(27-26)19-10-8-7-9-11-19/h7-13,16,24-25,27H,5-6,14-15,17-18H2,1-4H3/q+1/t24-,26-/m0/s1. The molecule has 33 heavy (non-hydrogen) atoms. The molecule has 2 aromatic rings. The van der Waals surface area contributed by atoms with Crippen molar-refractivity contribution in [3.63, 3.8) is 0 Å². The summed E-state index contributed by atoms with van der Waals surface area (Å²) in [4.78, 5) is 23.7. The number of ether oxygens (including phenoxy) is 1. The summed E-state index contributed by atoms with van der Waals surface area (Å²) in [5.41, 5.74) is 2.15. The van der Waals surface area contributed by atoms with Crippen molar-refractivity contribution >= 4 is 17.5 Å². The molecule has 0 unspecified atom stereocenters. The van der Waals surface area contributed by atoms with E-state index in [9.17, 15) is 4.79 Å². The molecule has 0 aromatic heterocycles. The molecule has 178 valence electrons. The van der Waals surface area contributed by atoms with E-state index >= 15 is 0 Å². The second kappa shape index (κ2) is 10.2. The zero-order valence-corrected chi connectivity index (χ0v) is 20.8. The van der Waals surface area contributed by atoms with Crippen LogP contribution in [-0.2, 0) is 14.6 Å². The number of rotatable bonds is 10. The van der Waals surface area contributed by atoms with Gasteiger partial charge in [0.05, 0.1) is 20.1 Å². The van der Waals surface area contributed by atoms with Gasteiger partial charge in [-0.2, -0.15) is 0 Å². The first-order valence-corrected chi connectivity index (χ1v) is 12.7. The van der Waals surface area contributed by atoms with Crippen LogP contribution in [0.2, 0.25) is 0 Å². The van der Waals surface area contributed by atoms with E-state index in [0.717, 1.165) is 24.5 Å². The molecule has 0 spiro atoms. The van der Waals surface area contributed by atoms with E-state index in [2.05, 4.69) is 62.7 Å². The van der Waals surface area contributed by atoms with E-state index in [0.29, 0.717) is 29.7 Å². The predicted molar refractivity (Wildman–Crippen MR) is 130 cm³/mol. The largest absolute Gasteiger partial charge is 0.488 e. The average molecular weight is 472 g/mol. The highest BCUT2D eigenvalue weighted by Gasteiger charge is 2.43. The maximum absolute atomic E-state index is 12.5. The quantitative estimate of drug-likeness (QED) is 0.308. The van der Waals surface area contributed by atoms with E-state index in [1.54, 1.807) is 0 Å². The zero-order chi connectivity index (χ0) is 23.5. The van der Waals surface area contributed by atoms with Crippen LogP contribution in [0.4, 0.5) is 0 Å². The molecule has 0 amide bonds. The van der Waals surface area contributed by atoms with Gasteiger partial charge in [-0.25, -0.2) is 0 Å². The Balaban J connectivity index is 1.60. The minimum atomic E-state index is -0.246. The molecule has 0 bridgehead atoms. The highest BCUT2D eigenvalue weighted by atomic mass is 32.2. The molecule has 0 radical (unpaired) electrons. The summed E-state index contributed by atoms with van der Waals surface area (Å²) in [6.07, 6.45) is 1.81. The van der Waals surface area contributed by atoms with Gasteiger partial charge in [0.25, 0.3) is 0 Å². The fourth-order valence-electron chi connectivity index (χ4n) is 4.22. The molecule has 1 saturated heterocycles. The molecule has 1 fully saturated rings. The number of carbonyl (C=O) groups is 1. The van der Waals surface area contributed by atoms with Crippen LogP contribution >= 0.6 is 11.8 Å². The van der Waals surface area contributed by atoms with E-state index in [4.69, 9.17) is 14.5 Å². The molecular weight excluding hydrogens is 436 g/mol. The normalized spacial score (nSPS) is 23.0. The Morgan fingerprint density at radius 1 is 1.18 bits per heavy atom. The summed E-state index contributed by atoms with van der Waals surface area (Å²) in [7, 11) is 4.12. The minimum Gasteiger partial charge on any atom is -0.488 e. The van der Waals surface area contributed by atoms with Crippen molar-refractivity contribution in [1.29, 1.82) is 0 Å². The molecule has 1 N–H and O–H groups in total. The Morgan fingerprint density at radius 3 is 2.61 bits per heavy atom. The first-order chi connectivity index (χ1) is 15.9. The number of thioether (sulfide) groups is 1. The lowest BCUT2D eigenvalue weighted by molar-refractivity contribution is -0.917. The van der Waals surface area contributed by atoms with Crippen LogP contribution in [-0.4, -0.2) is 55.2 Å². The summed E-state index contributed by atoms with van der Waals surface area (Å²) in [5.74, 6) is 2.01. The molecule has 2 aliphatic rings. The second-order valence-corrected chi connectivity index (χ2v) is 10.5. The minimum absolute atomic E-state index is 0.00941. The fraction of sp³-hybridized carbons (Fsp3) is 0.500. The molecule has 2 atom stereocenters.